The van der Waals surface area contributed by atoms with Gasteiger partial charge in [0.25, 0.3) is 0 Å². The van der Waals surface area contributed by atoms with Crippen LogP contribution in [0.4, 0.5) is 0 Å². The molecule has 0 spiro atoms. The van der Waals surface area contributed by atoms with Crippen molar-refractivity contribution in [1.29, 1.82) is 0 Å². The number of benzene rings is 1. The highest BCUT2D eigenvalue weighted by Gasteiger charge is 2.39. The van der Waals surface area contributed by atoms with E-state index in [1.54, 1.807) is 19.1 Å². The Hall–Kier alpha value is -1.55. The Bertz CT molecular complexity index is 397. The van der Waals surface area contributed by atoms with Gasteiger partial charge in [-0.2, -0.15) is 0 Å². The van der Waals surface area contributed by atoms with Crippen molar-refractivity contribution in [3.8, 4) is 5.75 Å². The summed E-state index contributed by atoms with van der Waals surface area (Å²) < 4.78 is 0. The first kappa shape index (κ1) is 11.0. The van der Waals surface area contributed by atoms with E-state index in [1.807, 2.05) is 0 Å². The number of carboxylic acid groups (broad SMARTS) is 1. The zero-order chi connectivity index (χ0) is 11.8. The van der Waals surface area contributed by atoms with Crippen LogP contribution in [0.25, 0.3) is 0 Å². The number of carbonyl (C=O) groups is 1. The molecular weight excluding hydrogens is 206 g/mol. The number of aliphatic carboxylic acids is 1. The van der Waals surface area contributed by atoms with Crippen LogP contribution >= 0.6 is 0 Å². The molecule has 0 radical (unpaired) electrons. The molecule has 1 atom stereocenters. The monoisotopic (exact) mass is 221 g/mol. The highest BCUT2D eigenvalue weighted by Crippen LogP contribution is 2.29. The summed E-state index contributed by atoms with van der Waals surface area (Å²) in [5.41, 5.74) is -0.417. The SMILES string of the molecule is CC(NC1CC1)(C(=O)O)c1ccc(O)cc1. The van der Waals surface area contributed by atoms with Crippen molar-refractivity contribution in [3.05, 3.63) is 29.8 Å². The Morgan fingerprint density at radius 3 is 2.38 bits per heavy atom. The quantitative estimate of drug-likeness (QED) is 0.719. The van der Waals surface area contributed by atoms with Crippen molar-refractivity contribution in [2.24, 2.45) is 0 Å². The van der Waals surface area contributed by atoms with Crippen LogP contribution in [0.15, 0.2) is 24.3 Å². The van der Waals surface area contributed by atoms with Gasteiger partial charge in [0, 0.05) is 6.04 Å². The van der Waals surface area contributed by atoms with Crippen molar-refractivity contribution in [3.63, 3.8) is 0 Å². The van der Waals surface area contributed by atoms with Gasteiger partial charge in [0.1, 0.15) is 11.3 Å². The van der Waals surface area contributed by atoms with Gasteiger partial charge in [0.05, 0.1) is 0 Å². The van der Waals surface area contributed by atoms with Gasteiger partial charge in [0.15, 0.2) is 0 Å². The van der Waals surface area contributed by atoms with E-state index in [-0.39, 0.29) is 5.75 Å². The number of nitrogens with one attached hydrogen (secondary N) is 1. The van der Waals surface area contributed by atoms with E-state index in [4.69, 9.17) is 0 Å². The Balaban J connectivity index is 2.30. The summed E-state index contributed by atoms with van der Waals surface area (Å²) >= 11 is 0. The average Bonchev–Trinajstić information content (AvgIpc) is 3.02. The molecule has 1 aliphatic carbocycles. The second-order valence-electron chi connectivity index (χ2n) is 4.40. The summed E-state index contributed by atoms with van der Waals surface area (Å²) in [5.74, 6) is -0.756. The Morgan fingerprint density at radius 1 is 1.38 bits per heavy atom. The number of carboxylic acids is 1. The van der Waals surface area contributed by atoms with Crippen LogP contribution in [0.2, 0.25) is 0 Å². The van der Waals surface area contributed by atoms with Gasteiger partial charge in [-0.05, 0) is 37.5 Å². The summed E-state index contributed by atoms with van der Waals surface area (Å²) in [4.78, 5) is 11.3. The second-order valence-corrected chi connectivity index (χ2v) is 4.40. The van der Waals surface area contributed by atoms with Crippen molar-refractivity contribution in [2.75, 3.05) is 0 Å². The third kappa shape index (κ3) is 2.02. The third-order valence-electron chi connectivity index (χ3n) is 2.94. The van der Waals surface area contributed by atoms with Crippen LogP contribution in [0.5, 0.6) is 5.75 Å². The number of phenolic OH excluding ortho intramolecular Hbond substituents is 1. The maximum atomic E-state index is 11.3. The van der Waals surface area contributed by atoms with Crippen LogP contribution in [0.1, 0.15) is 25.3 Å². The van der Waals surface area contributed by atoms with Gasteiger partial charge in [-0.1, -0.05) is 12.1 Å². The summed E-state index contributed by atoms with van der Waals surface area (Å²) in [7, 11) is 0. The topological polar surface area (TPSA) is 69.6 Å². The highest BCUT2D eigenvalue weighted by molar-refractivity contribution is 5.80. The van der Waals surface area contributed by atoms with Gasteiger partial charge < -0.3 is 10.2 Å². The van der Waals surface area contributed by atoms with Gasteiger partial charge in [0.2, 0.25) is 0 Å². The molecule has 1 saturated carbocycles. The molecule has 0 bridgehead atoms. The first-order valence-electron chi connectivity index (χ1n) is 5.33. The second kappa shape index (κ2) is 3.79. The molecule has 1 aliphatic rings. The summed E-state index contributed by atoms with van der Waals surface area (Å²) in [5, 5.41) is 21.6. The lowest BCUT2D eigenvalue weighted by atomic mass is 9.92. The van der Waals surface area contributed by atoms with E-state index < -0.39 is 11.5 Å². The molecule has 86 valence electrons. The summed E-state index contributed by atoms with van der Waals surface area (Å²) in [6.07, 6.45) is 2.06. The minimum atomic E-state index is -1.07. The van der Waals surface area contributed by atoms with Gasteiger partial charge in [-0.15, -0.1) is 0 Å². The molecule has 1 aromatic carbocycles. The molecule has 0 aromatic heterocycles. The van der Waals surface area contributed by atoms with E-state index in [0.29, 0.717) is 11.6 Å². The van der Waals surface area contributed by atoms with E-state index in [9.17, 15) is 15.0 Å². The normalized spacial score (nSPS) is 19.1. The number of hydrogen-bond acceptors (Lipinski definition) is 3. The molecule has 3 N–H and O–H groups in total. The lowest BCUT2D eigenvalue weighted by molar-refractivity contribution is -0.144. The Morgan fingerprint density at radius 2 is 1.94 bits per heavy atom. The van der Waals surface area contributed by atoms with Crippen molar-refractivity contribution >= 4 is 5.97 Å². The van der Waals surface area contributed by atoms with Crippen LogP contribution in [-0.4, -0.2) is 22.2 Å². The summed E-state index contributed by atoms with van der Waals surface area (Å²) in [6, 6.07) is 6.59. The van der Waals surface area contributed by atoms with E-state index in [2.05, 4.69) is 5.32 Å². The number of rotatable bonds is 4. The minimum Gasteiger partial charge on any atom is -0.508 e. The first-order valence-corrected chi connectivity index (χ1v) is 5.33. The van der Waals surface area contributed by atoms with Crippen molar-refractivity contribution in [2.45, 2.75) is 31.3 Å². The van der Waals surface area contributed by atoms with Crippen molar-refractivity contribution < 1.29 is 15.0 Å². The highest BCUT2D eigenvalue weighted by atomic mass is 16.4. The van der Waals surface area contributed by atoms with Crippen LogP contribution in [0.3, 0.4) is 0 Å². The number of hydrogen-bond donors (Lipinski definition) is 3. The molecule has 0 aliphatic heterocycles. The zero-order valence-electron chi connectivity index (χ0n) is 9.10. The maximum Gasteiger partial charge on any atom is 0.328 e. The Kier molecular flexibility index (Phi) is 2.59. The van der Waals surface area contributed by atoms with E-state index in [1.165, 1.54) is 12.1 Å². The predicted octanol–water partition coefficient (Wildman–Crippen LogP) is 1.44. The molecule has 16 heavy (non-hydrogen) atoms. The lowest BCUT2D eigenvalue weighted by Crippen LogP contribution is -2.47. The molecule has 4 heteroatoms. The summed E-state index contributed by atoms with van der Waals surface area (Å²) in [6.45, 7) is 1.65. The lowest BCUT2D eigenvalue weighted by Gasteiger charge is -2.27. The molecule has 1 aromatic rings. The molecule has 1 unspecified atom stereocenters. The molecule has 0 saturated heterocycles. The number of aromatic hydroxyl groups is 1. The van der Waals surface area contributed by atoms with Crippen LogP contribution in [0, 0.1) is 0 Å². The maximum absolute atomic E-state index is 11.3. The fraction of sp³-hybridized carbons (Fsp3) is 0.417. The zero-order valence-corrected chi connectivity index (χ0v) is 9.10. The van der Waals surface area contributed by atoms with Gasteiger partial charge in [-0.25, -0.2) is 4.79 Å². The van der Waals surface area contributed by atoms with E-state index >= 15 is 0 Å². The standard InChI is InChI=1S/C12H15NO3/c1-12(11(15)16,13-9-4-5-9)8-2-6-10(14)7-3-8/h2-3,6-7,9,13-14H,4-5H2,1H3,(H,15,16). The van der Waals surface area contributed by atoms with Crippen LogP contribution in [-0.2, 0) is 10.3 Å². The minimum absolute atomic E-state index is 0.142. The molecule has 0 amide bonds. The molecule has 1 fully saturated rings. The average molecular weight is 221 g/mol. The van der Waals surface area contributed by atoms with Gasteiger partial charge >= 0.3 is 5.97 Å². The fourth-order valence-corrected chi connectivity index (χ4v) is 1.70. The van der Waals surface area contributed by atoms with Crippen LogP contribution < -0.4 is 5.32 Å². The molecule has 0 heterocycles. The largest absolute Gasteiger partial charge is 0.508 e. The predicted molar refractivity (Wildman–Crippen MR) is 59.3 cm³/mol. The fourth-order valence-electron chi connectivity index (χ4n) is 1.70. The van der Waals surface area contributed by atoms with Crippen molar-refractivity contribution in [1.82, 2.24) is 5.32 Å². The molecule has 4 nitrogen and oxygen atoms in total. The first-order chi connectivity index (χ1) is 7.52. The van der Waals surface area contributed by atoms with Gasteiger partial charge in [-0.3, -0.25) is 5.32 Å². The van der Waals surface area contributed by atoms with E-state index in [0.717, 1.165) is 12.8 Å². The molecule has 2 rings (SSSR count). The number of phenols is 1. The molecular formula is C12H15NO3. The Labute approximate surface area is 93.9 Å². The smallest absolute Gasteiger partial charge is 0.328 e. The third-order valence-corrected chi connectivity index (χ3v) is 2.94.